The third kappa shape index (κ3) is 3.58. The minimum Gasteiger partial charge on any atom is -0.451 e. The van der Waals surface area contributed by atoms with Crippen molar-refractivity contribution >= 4 is 38.7 Å². The van der Waals surface area contributed by atoms with Gasteiger partial charge in [-0.15, -0.1) is 0 Å². The number of furan rings is 1. The first-order valence-electron chi connectivity index (χ1n) is 7.83. The molecule has 1 aliphatic rings. The monoisotopic (exact) mass is 378 g/mol. The Bertz CT molecular complexity index is 735. The quantitative estimate of drug-likeness (QED) is 0.890. The van der Waals surface area contributed by atoms with Gasteiger partial charge in [0.05, 0.1) is 0 Å². The molecule has 0 radical (unpaired) electrons. The maximum absolute atomic E-state index is 12.4. The van der Waals surface area contributed by atoms with E-state index in [1.54, 1.807) is 19.1 Å². The van der Waals surface area contributed by atoms with Gasteiger partial charge in [-0.25, -0.2) is 0 Å². The van der Waals surface area contributed by atoms with Gasteiger partial charge in [-0.05, 0) is 50.5 Å². The van der Waals surface area contributed by atoms with Crippen molar-refractivity contribution in [1.82, 2.24) is 10.2 Å². The molecule has 2 aromatic rings. The van der Waals surface area contributed by atoms with Gasteiger partial charge in [-0.2, -0.15) is 0 Å². The Labute approximate surface area is 143 Å². The normalized spacial score (nSPS) is 16.3. The molecule has 1 aromatic heterocycles. The highest BCUT2D eigenvalue weighted by molar-refractivity contribution is 9.10. The van der Waals surface area contributed by atoms with E-state index in [1.165, 1.54) is 6.42 Å². The lowest BCUT2D eigenvalue weighted by Gasteiger charge is -2.29. The number of likely N-dealkylation sites (tertiary alicyclic amines) is 1. The highest BCUT2D eigenvalue weighted by Crippen LogP contribution is 2.23. The van der Waals surface area contributed by atoms with Crippen LogP contribution < -0.4 is 5.32 Å². The summed E-state index contributed by atoms with van der Waals surface area (Å²) in [5, 5.41) is 3.58. The third-order valence-electron chi connectivity index (χ3n) is 4.09. The number of hydrogen-bond donors (Lipinski definition) is 1. The van der Waals surface area contributed by atoms with Gasteiger partial charge in [0, 0.05) is 22.9 Å². The lowest BCUT2D eigenvalue weighted by atomic mass is 10.1. The van der Waals surface area contributed by atoms with Crippen molar-refractivity contribution in [2.45, 2.75) is 32.2 Å². The molecule has 0 aliphatic carbocycles. The van der Waals surface area contributed by atoms with E-state index in [-0.39, 0.29) is 17.6 Å². The molecule has 1 aliphatic heterocycles. The average molecular weight is 379 g/mol. The number of rotatable bonds is 3. The Morgan fingerprint density at radius 2 is 1.96 bits per heavy atom. The summed E-state index contributed by atoms with van der Waals surface area (Å²) in [5.74, 6) is -0.177. The Morgan fingerprint density at radius 3 is 2.70 bits per heavy atom. The molecule has 2 amide bonds. The van der Waals surface area contributed by atoms with E-state index in [2.05, 4.69) is 21.2 Å². The number of carbonyl (C=O) groups is 2. The fraction of sp³-hybridized carbons (Fsp3) is 0.412. The summed E-state index contributed by atoms with van der Waals surface area (Å²) in [4.78, 5) is 26.5. The van der Waals surface area contributed by atoms with Crippen molar-refractivity contribution in [3.63, 3.8) is 0 Å². The van der Waals surface area contributed by atoms with Crippen LogP contribution in [-0.4, -0.2) is 35.8 Å². The van der Waals surface area contributed by atoms with Crippen LogP contribution in [0.1, 0.15) is 36.7 Å². The molecular formula is C17H19BrN2O3. The zero-order valence-corrected chi connectivity index (χ0v) is 14.6. The predicted octanol–water partition coefficient (Wildman–Crippen LogP) is 3.33. The molecule has 1 fully saturated rings. The Hall–Kier alpha value is -1.82. The summed E-state index contributed by atoms with van der Waals surface area (Å²) in [6, 6.07) is 6.68. The van der Waals surface area contributed by atoms with Gasteiger partial charge in [0.2, 0.25) is 5.91 Å². The third-order valence-corrected chi connectivity index (χ3v) is 4.58. The topological polar surface area (TPSA) is 62.6 Å². The van der Waals surface area contributed by atoms with E-state index in [1.807, 2.05) is 17.0 Å². The average Bonchev–Trinajstić information content (AvgIpc) is 2.98. The number of hydrogen-bond acceptors (Lipinski definition) is 3. The summed E-state index contributed by atoms with van der Waals surface area (Å²) in [7, 11) is 0. The van der Waals surface area contributed by atoms with Crippen molar-refractivity contribution < 1.29 is 14.0 Å². The van der Waals surface area contributed by atoms with Crippen LogP contribution in [0.15, 0.2) is 33.2 Å². The number of halogens is 1. The molecule has 0 saturated carbocycles. The molecule has 3 rings (SSSR count). The SMILES string of the molecule is CC(NC(=O)c1cc2cc(Br)ccc2o1)C(=O)N1CCCCC1. The van der Waals surface area contributed by atoms with E-state index in [0.29, 0.717) is 5.58 Å². The molecule has 1 saturated heterocycles. The predicted molar refractivity (Wildman–Crippen MR) is 91.3 cm³/mol. The molecule has 1 unspecified atom stereocenters. The van der Waals surface area contributed by atoms with Gasteiger partial charge in [-0.1, -0.05) is 15.9 Å². The molecule has 1 aromatic carbocycles. The maximum Gasteiger partial charge on any atom is 0.287 e. The Balaban J connectivity index is 1.68. The zero-order chi connectivity index (χ0) is 16.4. The fourth-order valence-electron chi connectivity index (χ4n) is 2.84. The molecule has 23 heavy (non-hydrogen) atoms. The van der Waals surface area contributed by atoms with Crippen molar-refractivity contribution in [3.05, 3.63) is 34.5 Å². The maximum atomic E-state index is 12.4. The van der Waals surface area contributed by atoms with Crippen LogP contribution in [0.3, 0.4) is 0 Å². The van der Waals surface area contributed by atoms with E-state index in [9.17, 15) is 9.59 Å². The standard InChI is InChI=1S/C17H19BrN2O3/c1-11(17(22)20-7-3-2-4-8-20)19-16(21)15-10-12-9-13(18)5-6-14(12)23-15/h5-6,9-11H,2-4,7-8H2,1H3,(H,19,21). The van der Waals surface area contributed by atoms with Crippen LogP contribution in [-0.2, 0) is 4.79 Å². The molecule has 6 heteroatoms. The van der Waals surface area contributed by atoms with Crippen LogP contribution in [0.5, 0.6) is 0 Å². The summed E-state index contributed by atoms with van der Waals surface area (Å²) in [5.41, 5.74) is 0.647. The molecule has 0 bridgehead atoms. The summed E-state index contributed by atoms with van der Waals surface area (Å²) in [6.07, 6.45) is 3.23. The molecule has 122 valence electrons. The van der Waals surface area contributed by atoms with E-state index in [0.717, 1.165) is 35.8 Å². The largest absolute Gasteiger partial charge is 0.451 e. The van der Waals surface area contributed by atoms with Gasteiger partial charge in [0.15, 0.2) is 5.76 Å². The lowest BCUT2D eigenvalue weighted by molar-refractivity contribution is -0.133. The summed E-state index contributed by atoms with van der Waals surface area (Å²) >= 11 is 3.39. The van der Waals surface area contributed by atoms with Gasteiger partial charge in [0.25, 0.3) is 5.91 Å². The van der Waals surface area contributed by atoms with Crippen LogP contribution in [0, 0.1) is 0 Å². The first kappa shape index (κ1) is 16.1. The first-order chi connectivity index (χ1) is 11.0. The number of nitrogens with one attached hydrogen (secondary N) is 1. The smallest absolute Gasteiger partial charge is 0.287 e. The zero-order valence-electron chi connectivity index (χ0n) is 13.0. The molecule has 0 spiro atoms. The van der Waals surface area contributed by atoms with Gasteiger partial charge < -0.3 is 14.6 Å². The van der Waals surface area contributed by atoms with Gasteiger partial charge in [-0.3, -0.25) is 9.59 Å². The lowest BCUT2D eigenvalue weighted by Crippen LogP contribution is -2.48. The van der Waals surface area contributed by atoms with Gasteiger partial charge in [0.1, 0.15) is 11.6 Å². The van der Waals surface area contributed by atoms with E-state index < -0.39 is 6.04 Å². The van der Waals surface area contributed by atoms with Crippen molar-refractivity contribution in [3.8, 4) is 0 Å². The van der Waals surface area contributed by atoms with Crippen molar-refractivity contribution in [2.24, 2.45) is 0 Å². The minimum atomic E-state index is -0.555. The van der Waals surface area contributed by atoms with Crippen molar-refractivity contribution in [2.75, 3.05) is 13.1 Å². The molecule has 2 heterocycles. The fourth-order valence-corrected chi connectivity index (χ4v) is 3.22. The second-order valence-corrected chi connectivity index (χ2v) is 6.79. The number of amides is 2. The van der Waals surface area contributed by atoms with E-state index in [4.69, 9.17) is 4.42 Å². The molecule has 1 atom stereocenters. The number of benzene rings is 1. The Morgan fingerprint density at radius 1 is 1.22 bits per heavy atom. The van der Waals surface area contributed by atoms with Gasteiger partial charge >= 0.3 is 0 Å². The van der Waals surface area contributed by atoms with Crippen molar-refractivity contribution in [1.29, 1.82) is 0 Å². The van der Waals surface area contributed by atoms with Crippen LogP contribution >= 0.6 is 15.9 Å². The molecule has 5 nitrogen and oxygen atoms in total. The summed E-state index contributed by atoms with van der Waals surface area (Å²) < 4.78 is 6.48. The highest BCUT2D eigenvalue weighted by Gasteiger charge is 2.24. The number of nitrogens with zero attached hydrogens (tertiary/aromatic N) is 1. The molecular weight excluding hydrogens is 360 g/mol. The minimum absolute atomic E-state index is 0.0306. The molecule has 1 N–H and O–H groups in total. The second kappa shape index (κ2) is 6.74. The first-order valence-corrected chi connectivity index (χ1v) is 8.62. The Kier molecular flexibility index (Phi) is 4.71. The second-order valence-electron chi connectivity index (χ2n) is 5.87. The number of fused-ring (bicyclic) bond motifs is 1. The van der Waals surface area contributed by atoms with Crippen LogP contribution in [0.4, 0.5) is 0 Å². The summed E-state index contributed by atoms with van der Waals surface area (Å²) in [6.45, 7) is 3.27. The van der Waals surface area contributed by atoms with E-state index >= 15 is 0 Å². The van der Waals surface area contributed by atoms with Crippen LogP contribution in [0.2, 0.25) is 0 Å². The number of piperidine rings is 1. The van der Waals surface area contributed by atoms with Crippen LogP contribution in [0.25, 0.3) is 11.0 Å². The number of carbonyl (C=O) groups excluding carboxylic acids is 2. The highest BCUT2D eigenvalue weighted by atomic mass is 79.9.